The lowest BCUT2D eigenvalue weighted by molar-refractivity contribution is 0.102. The molecule has 5 heteroatoms. The molecule has 5 nitrogen and oxygen atoms in total. The van der Waals surface area contributed by atoms with Gasteiger partial charge in [0.1, 0.15) is 11.5 Å². The molecule has 1 aromatic carbocycles. The summed E-state index contributed by atoms with van der Waals surface area (Å²) in [5.41, 5.74) is 2.20. The van der Waals surface area contributed by atoms with Crippen LogP contribution in [-0.4, -0.2) is 29.0 Å². The van der Waals surface area contributed by atoms with Crippen molar-refractivity contribution in [1.29, 1.82) is 0 Å². The van der Waals surface area contributed by atoms with Gasteiger partial charge in [0, 0.05) is 18.8 Å². The van der Waals surface area contributed by atoms with Crippen LogP contribution >= 0.6 is 0 Å². The Balaban J connectivity index is 1.68. The van der Waals surface area contributed by atoms with Crippen molar-refractivity contribution in [2.24, 2.45) is 5.92 Å². The van der Waals surface area contributed by atoms with Crippen molar-refractivity contribution in [3.8, 4) is 0 Å². The number of nitrogens with one attached hydrogen (secondary N) is 1. The van der Waals surface area contributed by atoms with Gasteiger partial charge in [-0.05, 0) is 43.4 Å². The molecule has 2 heterocycles. The van der Waals surface area contributed by atoms with Gasteiger partial charge in [-0.1, -0.05) is 19.1 Å². The number of anilines is 2. The van der Waals surface area contributed by atoms with Crippen molar-refractivity contribution in [1.82, 2.24) is 9.97 Å². The third-order valence-corrected chi connectivity index (χ3v) is 4.13. The Morgan fingerprint density at radius 3 is 2.87 bits per heavy atom. The maximum atomic E-state index is 12.2. The standard InChI is InChI=1S/C18H22N4O/c1-13-5-3-7-15(9-13)21-18(23)16-10-20-17(11-19-16)22-8-4-6-14(2)12-22/h3,5,7,9-11,14H,4,6,8,12H2,1-2H3,(H,21,23). The van der Waals surface area contributed by atoms with Crippen LogP contribution in [0.4, 0.5) is 11.5 Å². The molecule has 120 valence electrons. The number of benzene rings is 1. The maximum Gasteiger partial charge on any atom is 0.275 e. The van der Waals surface area contributed by atoms with Crippen LogP contribution in [0.2, 0.25) is 0 Å². The molecule has 1 saturated heterocycles. The van der Waals surface area contributed by atoms with E-state index in [0.717, 1.165) is 30.2 Å². The lowest BCUT2D eigenvalue weighted by Gasteiger charge is -2.31. The number of amides is 1. The third-order valence-electron chi connectivity index (χ3n) is 4.13. The van der Waals surface area contributed by atoms with Gasteiger partial charge >= 0.3 is 0 Å². The smallest absolute Gasteiger partial charge is 0.275 e. The molecule has 1 fully saturated rings. The Morgan fingerprint density at radius 1 is 1.30 bits per heavy atom. The van der Waals surface area contributed by atoms with Crippen molar-refractivity contribution in [2.75, 3.05) is 23.3 Å². The van der Waals surface area contributed by atoms with E-state index in [1.54, 1.807) is 12.4 Å². The van der Waals surface area contributed by atoms with E-state index in [2.05, 4.69) is 27.1 Å². The average molecular weight is 310 g/mol. The van der Waals surface area contributed by atoms with Crippen molar-refractivity contribution in [2.45, 2.75) is 26.7 Å². The summed E-state index contributed by atoms with van der Waals surface area (Å²) < 4.78 is 0. The van der Waals surface area contributed by atoms with Crippen LogP contribution in [0, 0.1) is 12.8 Å². The first-order valence-corrected chi connectivity index (χ1v) is 8.07. The van der Waals surface area contributed by atoms with Crippen molar-refractivity contribution in [3.63, 3.8) is 0 Å². The normalized spacial score (nSPS) is 17.8. The fourth-order valence-corrected chi connectivity index (χ4v) is 2.92. The summed E-state index contributed by atoms with van der Waals surface area (Å²) in [7, 11) is 0. The number of hydrogen-bond acceptors (Lipinski definition) is 4. The Morgan fingerprint density at radius 2 is 2.17 bits per heavy atom. The van der Waals surface area contributed by atoms with Crippen LogP contribution in [0.5, 0.6) is 0 Å². The Labute approximate surface area is 136 Å². The molecule has 1 aromatic heterocycles. The number of hydrogen-bond donors (Lipinski definition) is 1. The van der Waals surface area contributed by atoms with E-state index >= 15 is 0 Å². The molecule has 1 unspecified atom stereocenters. The van der Waals surface area contributed by atoms with Crippen LogP contribution in [0.3, 0.4) is 0 Å². The molecule has 0 radical (unpaired) electrons. The highest BCUT2D eigenvalue weighted by molar-refractivity contribution is 6.02. The van der Waals surface area contributed by atoms with Crippen LogP contribution in [-0.2, 0) is 0 Å². The highest BCUT2D eigenvalue weighted by Crippen LogP contribution is 2.20. The second-order valence-electron chi connectivity index (χ2n) is 6.28. The van der Waals surface area contributed by atoms with Crippen molar-refractivity contribution in [3.05, 3.63) is 47.9 Å². The van der Waals surface area contributed by atoms with E-state index in [4.69, 9.17) is 0 Å². The second kappa shape index (κ2) is 6.77. The molecular weight excluding hydrogens is 288 g/mol. The first kappa shape index (κ1) is 15.5. The van der Waals surface area contributed by atoms with Gasteiger partial charge in [-0.2, -0.15) is 0 Å². The van der Waals surface area contributed by atoms with Crippen molar-refractivity contribution >= 4 is 17.4 Å². The second-order valence-corrected chi connectivity index (χ2v) is 6.28. The fraction of sp³-hybridized carbons (Fsp3) is 0.389. The van der Waals surface area contributed by atoms with Gasteiger partial charge in [-0.25, -0.2) is 9.97 Å². The minimum atomic E-state index is -0.235. The first-order chi connectivity index (χ1) is 11.1. The lowest BCUT2D eigenvalue weighted by atomic mass is 10.0. The predicted octanol–water partition coefficient (Wildman–Crippen LogP) is 3.27. The molecule has 0 saturated carbocycles. The molecule has 0 spiro atoms. The number of aryl methyl sites for hydroxylation is 1. The summed E-state index contributed by atoms with van der Waals surface area (Å²) >= 11 is 0. The molecule has 2 aromatic rings. The number of carbonyl (C=O) groups excluding carboxylic acids is 1. The summed E-state index contributed by atoms with van der Waals surface area (Å²) in [6, 6.07) is 7.69. The summed E-state index contributed by atoms with van der Waals surface area (Å²) in [6.45, 7) is 6.25. The molecule has 3 rings (SSSR count). The molecule has 1 N–H and O–H groups in total. The van der Waals surface area contributed by atoms with E-state index in [0.29, 0.717) is 11.6 Å². The minimum Gasteiger partial charge on any atom is -0.355 e. The van der Waals surface area contributed by atoms with Gasteiger partial charge in [-0.3, -0.25) is 4.79 Å². The maximum absolute atomic E-state index is 12.2. The third kappa shape index (κ3) is 3.86. The summed E-state index contributed by atoms with van der Waals surface area (Å²) in [6.07, 6.45) is 5.70. The van der Waals surface area contributed by atoms with Gasteiger partial charge < -0.3 is 10.2 Å². The highest BCUT2D eigenvalue weighted by atomic mass is 16.1. The zero-order valence-electron chi connectivity index (χ0n) is 13.6. The molecule has 1 atom stereocenters. The zero-order chi connectivity index (χ0) is 16.2. The van der Waals surface area contributed by atoms with E-state index in [1.165, 1.54) is 12.8 Å². The number of aromatic nitrogens is 2. The summed E-state index contributed by atoms with van der Waals surface area (Å²) in [4.78, 5) is 23.2. The molecule has 0 bridgehead atoms. The van der Waals surface area contributed by atoms with Crippen LogP contribution in [0.1, 0.15) is 35.8 Å². The molecular formula is C18H22N4O. The molecule has 0 aliphatic carbocycles. The number of carbonyl (C=O) groups is 1. The number of piperidine rings is 1. The first-order valence-electron chi connectivity index (χ1n) is 8.07. The van der Waals surface area contributed by atoms with Gasteiger partial charge in [0.05, 0.1) is 12.4 Å². The Kier molecular flexibility index (Phi) is 4.55. The van der Waals surface area contributed by atoms with Crippen LogP contribution < -0.4 is 10.2 Å². The van der Waals surface area contributed by atoms with Gasteiger partial charge in [-0.15, -0.1) is 0 Å². The largest absolute Gasteiger partial charge is 0.355 e. The van der Waals surface area contributed by atoms with E-state index in [9.17, 15) is 4.79 Å². The SMILES string of the molecule is Cc1cccc(NC(=O)c2cnc(N3CCCC(C)C3)cn2)c1. The van der Waals surface area contributed by atoms with E-state index in [-0.39, 0.29) is 5.91 Å². The minimum absolute atomic E-state index is 0.235. The molecule has 23 heavy (non-hydrogen) atoms. The number of nitrogens with zero attached hydrogens (tertiary/aromatic N) is 3. The molecule has 1 aliphatic rings. The lowest BCUT2D eigenvalue weighted by Crippen LogP contribution is -2.35. The van der Waals surface area contributed by atoms with Gasteiger partial charge in [0.2, 0.25) is 0 Å². The average Bonchev–Trinajstić information content (AvgIpc) is 2.55. The summed E-state index contributed by atoms with van der Waals surface area (Å²) in [5, 5.41) is 2.85. The molecule has 1 amide bonds. The molecule has 1 aliphatic heterocycles. The predicted molar refractivity (Wildman–Crippen MR) is 91.8 cm³/mol. The topological polar surface area (TPSA) is 58.1 Å². The highest BCUT2D eigenvalue weighted by Gasteiger charge is 2.18. The van der Waals surface area contributed by atoms with E-state index < -0.39 is 0 Å². The van der Waals surface area contributed by atoms with E-state index in [1.807, 2.05) is 31.2 Å². The summed E-state index contributed by atoms with van der Waals surface area (Å²) in [5.74, 6) is 1.29. The van der Waals surface area contributed by atoms with Gasteiger partial charge in [0.15, 0.2) is 0 Å². The quantitative estimate of drug-likeness (QED) is 0.945. The Bertz CT molecular complexity index is 684. The fourth-order valence-electron chi connectivity index (χ4n) is 2.92. The number of rotatable bonds is 3. The van der Waals surface area contributed by atoms with Crippen LogP contribution in [0.15, 0.2) is 36.7 Å². The van der Waals surface area contributed by atoms with Gasteiger partial charge in [0.25, 0.3) is 5.91 Å². The van der Waals surface area contributed by atoms with Crippen molar-refractivity contribution < 1.29 is 4.79 Å². The zero-order valence-corrected chi connectivity index (χ0v) is 13.6. The monoisotopic (exact) mass is 310 g/mol. The Hall–Kier alpha value is -2.43. The van der Waals surface area contributed by atoms with Crippen LogP contribution in [0.25, 0.3) is 0 Å².